The third kappa shape index (κ3) is 5.09. The summed E-state index contributed by atoms with van der Waals surface area (Å²) in [6.07, 6.45) is 3.97. The van der Waals surface area contributed by atoms with Crippen LogP contribution in [0.5, 0.6) is 0 Å². The Morgan fingerprint density at radius 2 is 1.96 bits per heavy atom. The molecule has 0 spiro atoms. The summed E-state index contributed by atoms with van der Waals surface area (Å²) < 4.78 is 26.5. The molecule has 0 aliphatic heterocycles. The summed E-state index contributed by atoms with van der Waals surface area (Å²) in [7, 11) is 0. The van der Waals surface area contributed by atoms with E-state index in [-0.39, 0.29) is 17.9 Å². The summed E-state index contributed by atoms with van der Waals surface area (Å²) >= 11 is 1.47. The fourth-order valence-electron chi connectivity index (χ4n) is 3.14. The van der Waals surface area contributed by atoms with Gasteiger partial charge in [-0.1, -0.05) is 13.3 Å². The number of hydrogen-bond acceptors (Lipinski definition) is 4. The van der Waals surface area contributed by atoms with Gasteiger partial charge < -0.3 is 10.6 Å². The van der Waals surface area contributed by atoms with Crippen molar-refractivity contribution in [2.75, 3.05) is 5.32 Å². The minimum Gasteiger partial charge on any atom is -0.344 e. The molecule has 2 N–H and O–H groups in total. The van der Waals surface area contributed by atoms with Crippen LogP contribution in [0.1, 0.15) is 42.3 Å². The van der Waals surface area contributed by atoms with Crippen LogP contribution in [0.3, 0.4) is 0 Å². The molecular weight excluding hydrogens is 372 g/mol. The van der Waals surface area contributed by atoms with Crippen LogP contribution < -0.4 is 10.6 Å². The fraction of sp³-hybridized carbons (Fsp3) is 0.421. The van der Waals surface area contributed by atoms with Crippen LogP contribution in [0.25, 0.3) is 0 Å². The second kappa shape index (κ2) is 8.56. The molecule has 1 aromatic heterocycles. The molecule has 5 nitrogen and oxygen atoms in total. The van der Waals surface area contributed by atoms with Crippen LogP contribution in [0.2, 0.25) is 0 Å². The predicted octanol–water partition coefficient (Wildman–Crippen LogP) is 3.38. The first-order chi connectivity index (χ1) is 12.9. The van der Waals surface area contributed by atoms with Gasteiger partial charge >= 0.3 is 0 Å². The quantitative estimate of drug-likeness (QED) is 0.758. The van der Waals surface area contributed by atoms with Crippen LogP contribution in [-0.2, 0) is 28.9 Å². The first-order valence-electron chi connectivity index (χ1n) is 8.98. The van der Waals surface area contributed by atoms with Crippen molar-refractivity contribution in [2.24, 2.45) is 0 Å². The molecule has 144 valence electrons. The summed E-state index contributed by atoms with van der Waals surface area (Å²) in [6.45, 7) is 1.91. The second-order valence-electron chi connectivity index (χ2n) is 6.59. The molecule has 0 radical (unpaired) electrons. The van der Waals surface area contributed by atoms with Gasteiger partial charge in [-0.05, 0) is 43.4 Å². The minimum atomic E-state index is -0.738. The van der Waals surface area contributed by atoms with Crippen molar-refractivity contribution in [1.82, 2.24) is 10.3 Å². The zero-order chi connectivity index (χ0) is 19.4. The Morgan fingerprint density at radius 1 is 1.22 bits per heavy atom. The summed E-state index contributed by atoms with van der Waals surface area (Å²) in [4.78, 5) is 30.4. The number of fused-ring (bicyclic) bond motifs is 1. The van der Waals surface area contributed by atoms with Gasteiger partial charge in [-0.25, -0.2) is 13.8 Å². The molecule has 3 rings (SSSR count). The SMILES string of the molecule is CCCC(NC(=O)Cc1cc(F)cc(F)c1)C(=O)Nc1nc2c(s1)CCC2. The maximum atomic E-state index is 13.3. The molecule has 1 unspecified atom stereocenters. The molecule has 0 bridgehead atoms. The van der Waals surface area contributed by atoms with Gasteiger partial charge in [-0.2, -0.15) is 0 Å². The molecular formula is C19H21F2N3O2S. The van der Waals surface area contributed by atoms with E-state index in [1.807, 2.05) is 6.92 Å². The number of nitrogens with zero attached hydrogens (tertiary/aromatic N) is 1. The van der Waals surface area contributed by atoms with Crippen LogP contribution in [-0.4, -0.2) is 22.8 Å². The number of rotatable bonds is 7. The topological polar surface area (TPSA) is 71.1 Å². The summed E-state index contributed by atoms with van der Waals surface area (Å²) in [6, 6.07) is 2.24. The lowest BCUT2D eigenvalue weighted by atomic mass is 10.1. The first-order valence-corrected chi connectivity index (χ1v) is 9.80. The van der Waals surface area contributed by atoms with E-state index >= 15 is 0 Å². The number of halogens is 2. The molecule has 27 heavy (non-hydrogen) atoms. The largest absolute Gasteiger partial charge is 0.344 e. The van der Waals surface area contributed by atoms with E-state index in [0.29, 0.717) is 18.0 Å². The third-order valence-electron chi connectivity index (χ3n) is 4.34. The van der Waals surface area contributed by atoms with Crippen molar-refractivity contribution in [3.63, 3.8) is 0 Å². The van der Waals surface area contributed by atoms with Crippen LogP contribution in [0.4, 0.5) is 13.9 Å². The van der Waals surface area contributed by atoms with Gasteiger partial charge in [-0.3, -0.25) is 9.59 Å². The standard InChI is InChI=1S/C19H21F2N3O2S/c1-2-4-15(18(26)24-19-23-14-5-3-6-16(14)27-19)22-17(25)9-11-7-12(20)10-13(21)8-11/h7-8,10,15H,2-6,9H2,1H3,(H,22,25)(H,23,24,26). The molecule has 0 fully saturated rings. The average Bonchev–Trinajstić information content (AvgIpc) is 3.14. The number of thiazole rings is 1. The van der Waals surface area contributed by atoms with Gasteiger partial charge in [0.05, 0.1) is 12.1 Å². The number of nitrogens with one attached hydrogen (secondary N) is 2. The molecule has 2 amide bonds. The van der Waals surface area contributed by atoms with Crippen LogP contribution in [0.15, 0.2) is 18.2 Å². The predicted molar refractivity (Wildman–Crippen MR) is 99.7 cm³/mol. The lowest BCUT2D eigenvalue weighted by Gasteiger charge is -2.17. The van der Waals surface area contributed by atoms with Gasteiger partial charge in [0.2, 0.25) is 11.8 Å². The molecule has 2 aromatic rings. The number of carbonyl (C=O) groups excluding carboxylic acids is 2. The average molecular weight is 393 g/mol. The summed E-state index contributed by atoms with van der Waals surface area (Å²) in [5, 5.41) is 5.98. The number of carbonyl (C=O) groups is 2. The van der Waals surface area contributed by atoms with E-state index in [1.165, 1.54) is 16.2 Å². The molecule has 0 saturated heterocycles. The van der Waals surface area contributed by atoms with Gasteiger partial charge in [0.25, 0.3) is 0 Å². The Labute approximate surface area is 160 Å². The van der Waals surface area contributed by atoms with Crippen molar-refractivity contribution in [2.45, 2.75) is 51.5 Å². The Hall–Kier alpha value is -2.35. The van der Waals surface area contributed by atoms with Crippen LogP contribution in [0, 0.1) is 11.6 Å². The smallest absolute Gasteiger partial charge is 0.248 e. The summed E-state index contributed by atoms with van der Waals surface area (Å²) in [5.74, 6) is -2.27. The highest BCUT2D eigenvalue weighted by molar-refractivity contribution is 7.15. The van der Waals surface area contributed by atoms with Crippen molar-refractivity contribution in [1.29, 1.82) is 0 Å². The minimum absolute atomic E-state index is 0.201. The molecule has 8 heteroatoms. The number of anilines is 1. The van der Waals surface area contributed by atoms with Crippen molar-refractivity contribution in [3.05, 3.63) is 46.0 Å². The van der Waals surface area contributed by atoms with E-state index in [1.54, 1.807) is 0 Å². The van der Waals surface area contributed by atoms with Gasteiger partial charge in [0.1, 0.15) is 17.7 Å². The number of aryl methyl sites for hydroxylation is 2. The third-order valence-corrected chi connectivity index (χ3v) is 5.41. The maximum absolute atomic E-state index is 13.3. The van der Waals surface area contributed by atoms with Crippen molar-refractivity contribution >= 4 is 28.3 Å². The number of amides is 2. The van der Waals surface area contributed by atoms with E-state index < -0.39 is 23.6 Å². The Balaban J connectivity index is 1.61. The monoisotopic (exact) mass is 393 g/mol. The highest BCUT2D eigenvalue weighted by Crippen LogP contribution is 2.30. The van der Waals surface area contributed by atoms with Gasteiger partial charge in [0, 0.05) is 10.9 Å². The Morgan fingerprint density at radius 3 is 2.63 bits per heavy atom. The van der Waals surface area contributed by atoms with E-state index in [2.05, 4.69) is 15.6 Å². The lowest BCUT2D eigenvalue weighted by molar-refractivity contribution is -0.126. The van der Waals surface area contributed by atoms with Crippen molar-refractivity contribution < 1.29 is 18.4 Å². The van der Waals surface area contributed by atoms with Crippen molar-refractivity contribution in [3.8, 4) is 0 Å². The molecule has 1 atom stereocenters. The molecule has 1 aliphatic carbocycles. The van der Waals surface area contributed by atoms with Gasteiger partial charge in [0.15, 0.2) is 5.13 Å². The maximum Gasteiger partial charge on any atom is 0.248 e. The van der Waals surface area contributed by atoms with E-state index in [0.717, 1.165) is 43.2 Å². The fourth-order valence-corrected chi connectivity index (χ4v) is 4.19. The Bertz CT molecular complexity index is 812. The van der Waals surface area contributed by atoms with Crippen LogP contribution >= 0.6 is 11.3 Å². The number of aromatic nitrogens is 1. The first kappa shape index (κ1) is 19.4. The molecule has 1 aliphatic rings. The molecule has 1 heterocycles. The highest BCUT2D eigenvalue weighted by atomic mass is 32.1. The molecule has 1 aromatic carbocycles. The second-order valence-corrected chi connectivity index (χ2v) is 7.68. The van der Waals surface area contributed by atoms with Gasteiger partial charge in [-0.15, -0.1) is 11.3 Å². The van der Waals surface area contributed by atoms with E-state index in [9.17, 15) is 18.4 Å². The summed E-state index contributed by atoms with van der Waals surface area (Å²) in [5.41, 5.74) is 1.26. The number of hydrogen-bond donors (Lipinski definition) is 2. The highest BCUT2D eigenvalue weighted by Gasteiger charge is 2.23. The Kier molecular flexibility index (Phi) is 6.15. The zero-order valence-corrected chi connectivity index (χ0v) is 15.8. The zero-order valence-electron chi connectivity index (χ0n) is 15.0. The normalized spacial score (nSPS) is 13.9. The number of benzene rings is 1. The lowest BCUT2D eigenvalue weighted by Crippen LogP contribution is -2.44. The van der Waals surface area contributed by atoms with E-state index in [4.69, 9.17) is 0 Å². The molecule has 0 saturated carbocycles.